The van der Waals surface area contributed by atoms with E-state index in [9.17, 15) is 20.1 Å². The van der Waals surface area contributed by atoms with Crippen LogP contribution in [0.4, 0.5) is 0 Å². The van der Waals surface area contributed by atoms with Gasteiger partial charge in [0.25, 0.3) is 0 Å². The van der Waals surface area contributed by atoms with Crippen molar-refractivity contribution in [1.82, 2.24) is 5.32 Å². The summed E-state index contributed by atoms with van der Waals surface area (Å²) in [7, 11) is 0. The SMILES string of the molecule is Cc1c(C=CNC(=O)C(N)C(C)O)c(O)c2ccccc2c1O. The predicted octanol–water partition coefficient (Wildman–Crippen LogP) is 1.35. The Balaban J connectivity index is 2.34. The average molecular weight is 316 g/mol. The Bertz CT molecular complexity index is 769. The van der Waals surface area contributed by atoms with Gasteiger partial charge in [-0.05, 0) is 19.9 Å². The molecule has 2 aromatic rings. The highest BCUT2D eigenvalue weighted by Crippen LogP contribution is 2.39. The minimum atomic E-state index is -1.04. The smallest absolute Gasteiger partial charge is 0.243 e. The van der Waals surface area contributed by atoms with Gasteiger partial charge in [-0.2, -0.15) is 0 Å². The first-order valence-corrected chi connectivity index (χ1v) is 7.18. The van der Waals surface area contributed by atoms with Gasteiger partial charge in [0.05, 0.1) is 6.10 Å². The molecule has 0 aromatic heterocycles. The molecule has 0 fully saturated rings. The summed E-state index contributed by atoms with van der Waals surface area (Å²) in [6.07, 6.45) is 1.83. The van der Waals surface area contributed by atoms with Crippen LogP contribution in [-0.2, 0) is 4.79 Å². The van der Waals surface area contributed by atoms with Gasteiger partial charge in [0, 0.05) is 28.1 Å². The predicted molar refractivity (Wildman–Crippen MR) is 88.8 cm³/mol. The number of carbonyl (C=O) groups is 1. The maximum absolute atomic E-state index is 11.7. The van der Waals surface area contributed by atoms with Crippen LogP contribution in [0.25, 0.3) is 16.8 Å². The molecule has 6 N–H and O–H groups in total. The van der Waals surface area contributed by atoms with Crippen LogP contribution in [0, 0.1) is 6.92 Å². The molecule has 0 bridgehead atoms. The number of carbonyl (C=O) groups excluding carboxylic acids is 1. The van der Waals surface area contributed by atoms with Gasteiger partial charge in [0.1, 0.15) is 17.5 Å². The van der Waals surface area contributed by atoms with Gasteiger partial charge >= 0.3 is 0 Å². The van der Waals surface area contributed by atoms with Gasteiger partial charge < -0.3 is 26.4 Å². The molecule has 0 aliphatic rings. The minimum Gasteiger partial charge on any atom is -0.507 e. The highest BCUT2D eigenvalue weighted by Gasteiger charge is 2.18. The van der Waals surface area contributed by atoms with Crippen molar-refractivity contribution in [3.63, 3.8) is 0 Å². The fourth-order valence-corrected chi connectivity index (χ4v) is 2.27. The summed E-state index contributed by atoms with van der Waals surface area (Å²) in [5.74, 6) is -0.454. The van der Waals surface area contributed by atoms with Crippen molar-refractivity contribution in [1.29, 1.82) is 0 Å². The number of aromatic hydroxyl groups is 2. The molecule has 0 spiro atoms. The molecule has 1 amide bonds. The molecular formula is C17H20N2O4. The van der Waals surface area contributed by atoms with E-state index in [0.29, 0.717) is 21.9 Å². The maximum atomic E-state index is 11.7. The van der Waals surface area contributed by atoms with Crippen LogP contribution in [0.5, 0.6) is 11.5 Å². The Kier molecular flexibility index (Phi) is 4.88. The number of nitrogens with one attached hydrogen (secondary N) is 1. The van der Waals surface area contributed by atoms with Gasteiger partial charge in [-0.1, -0.05) is 24.3 Å². The second kappa shape index (κ2) is 6.68. The second-order valence-electron chi connectivity index (χ2n) is 5.39. The Morgan fingerprint density at radius 2 is 1.78 bits per heavy atom. The number of hydrogen-bond donors (Lipinski definition) is 5. The van der Waals surface area contributed by atoms with Crippen molar-refractivity contribution in [3.05, 3.63) is 41.6 Å². The van der Waals surface area contributed by atoms with E-state index < -0.39 is 18.1 Å². The summed E-state index contributed by atoms with van der Waals surface area (Å²) < 4.78 is 0. The van der Waals surface area contributed by atoms with Crippen LogP contribution in [0.3, 0.4) is 0 Å². The second-order valence-corrected chi connectivity index (χ2v) is 5.39. The molecule has 2 unspecified atom stereocenters. The number of benzene rings is 2. The first kappa shape index (κ1) is 16.8. The molecule has 0 aliphatic carbocycles. The summed E-state index contributed by atoms with van der Waals surface area (Å²) in [5.41, 5.74) is 6.40. The van der Waals surface area contributed by atoms with Gasteiger partial charge in [-0.3, -0.25) is 4.79 Å². The number of phenols is 2. The molecule has 2 atom stereocenters. The van der Waals surface area contributed by atoms with Gasteiger partial charge in [-0.25, -0.2) is 0 Å². The van der Waals surface area contributed by atoms with Crippen LogP contribution in [0.15, 0.2) is 30.5 Å². The van der Waals surface area contributed by atoms with E-state index in [-0.39, 0.29) is 11.5 Å². The third-order valence-corrected chi connectivity index (χ3v) is 3.75. The summed E-state index contributed by atoms with van der Waals surface area (Å²) in [6.45, 7) is 3.09. The van der Waals surface area contributed by atoms with Gasteiger partial charge in [0.15, 0.2) is 0 Å². The van der Waals surface area contributed by atoms with Gasteiger partial charge in [0.2, 0.25) is 5.91 Å². The summed E-state index contributed by atoms with van der Waals surface area (Å²) >= 11 is 0. The zero-order valence-electron chi connectivity index (χ0n) is 12.9. The normalized spacial score (nSPS) is 14.1. The first-order chi connectivity index (χ1) is 10.8. The number of aliphatic hydroxyl groups is 1. The third-order valence-electron chi connectivity index (χ3n) is 3.75. The van der Waals surface area contributed by atoms with Crippen LogP contribution in [0.1, 0.15) is 18.1 Å². The molecule has 2 rings (SSSR count). The summed E-state index contributed by atoms with van der Waals surface area (Å²) in [4.78, 5) is 11.7. The van der Waals surface area contributed by atoms with Crippen LogP contribution in [0.2, 0.25) is 0 Å². The highest BCUT2D eigenvalue weighted by molar-refractivity contribution is 5.97. The molecule has 0 radical (unpaired) electrons. The lowest BCUT2D eigenvalue weighted by Gasteiger charge is -2.13. The molecule has 0 heterocycles. The third kappa shape index (κ3) is 3.28. The maximum Gasteiger partial charge on any atom is 0.243 e. The molecule has 0 aliphatic heterocycles. The Morgan fingerprint density at radius 1 is 1.22 bits per heavy atom. The lowest BCUT2D eigenvalue weighted by atomic mass is 9.98. The number of phenolic OH excluding ortho intramolecular Hbond substituents is 2. The fourth-order valence-electron chi connectivity index (χ4n) is 2.27. The summed E-state index contributed by atoms with van der Waals surface area (Å²) in [6, 6.07) is 5.90. The average Bonchev–Trinajstić information content (AvgIpc) is 2.54. The largest absolute Gasteiger partial charge is 0.507 e. The number of aliphatic hydroxyl groups excluding tert-OH is 1. The van der Waals surface area contributed by atoms with E-state index >= 15 is 0 Å². The molecule has 122 valence electrons. The molecule has 0 saturated heterocycles. The minimum absolute atomic E-state index is 0.0150. The zero-order valence-corrected chi connectivity index (χ0v) is 12.9. The lowest BCUT2D eigenvalue weighted by molar-refractivity contribution is -0.123. The van der Waals surface area contributed by atoms with Crippen molar-refractivity contribution < 1.29 is 20.1 Å². The molecule has 6 nitrogen and oxygen atoms in total. The van der Waals surface area contributed by atoms with Crippen molar-refractivity contribution in [2.24, 2.45) is 5.73 Å². The van der Waals surface area contributed by atoms with Crippen LogP contribution in [-0.4, -0.2) is 33.4 Å². The number of rotatable bonds is 4. The van der Waals surface area contributed by atoms with E-state index in [1.807, 2.05) is 0 Å². The number of amides is 1. The highest BCUT2D eigenvalue weighted by atomic mass is 16.3. The molecular weight excluding hydrogens is 296 g/mol. The number of hydrogen-bond acceptors (Lipinski definition) is 5. The van der Waals surface area contributed by atoms with Crippen molar-refractivity contribution >= 4 is 22.8 Å². The van der Waals surface area contributed by atoms with Gasteiger partial charge in [-0.15, -0.1) is 0 Å². The van der Waals surface area contributed by atoms with Crippen molar-refractivity contribution in [2.45, 2.75) is 26.0 Å². The fraction of sp³-hybridized carbons (Fsp3) is 0.235. The van der Waals surface area contributed by atoms with E-state index in [4.69, 9.17) is 5.73 Å². The monoisotopic (exact) mass is 316 g/mol. The molecule has 2 aromatic carbocycles. The van der Waals surface area contributed by atoms with E-state index in [0.717, 1.165) is 0 Å². The van der Waals surface area contributed by atoms with Crippen LogP contribution < -0.4 is 11.1 Å². The Morgan fingerprint density at radius 3 is 2.35 bits per heavy atom. The topological polar surface area (TPSA) is 116 Å². The summed E-state index contributed by atoms with van der Waals surface area (Å²) in [5, 5.41) is 33.4. The molecule has 23 heavy (non-hydrogen) atoms. The quantitative estimate of drug-likeness (QED) is 0.546. The van der Waals surface area contributed by atoms with E-state index in [1.54, 1.807) is 31.2 Å². The molecule has 6 heteroatoms. The van der Waals surface area contributed by atoms with Crippen LogP contribution >= 0.6 is 0 Å². The van der Waals surface area contributed by atoms with Crippen molar-refractivity contribution in [3.8, 4) is 11.5 Å². The first-order valence-electron chi connectivity index (χ1n) is 7.18. The Hall–Kier alpha value is -2.57. The van der Waals surface area contributed by atoms with E-state index in [1.165, 1.54) is 19.2 Å². The number of nitrogens with two attached hydrogens (primary N) is 1. The number of fused-ring (bicyclic) bond motifs is 1. The standard InChI is InChI=1S/C17H20N2O4/c1-9-11(7-8-19-17(23)14(18)10(2)20)16(22)13-6-4-3-5-12(13)15(9)21/h3-8,10,14,20-22H,18H2,1-2H3,(H,19,23). The Labute approximate surface area is 133 Å². The molecule has 0 saturated carbocycles. The lowest BCUT2D eigenvalue weighted by Crippen LogP contribution is -2.45. The van der Waals surface area contributed by atoms with E-state index in [2.05, 4.69) is 5.32 Å². The zero-order chi connectivity index (χ0) is 17.1. The van der Waals surface area contributed by atoms with Crippen molar-refractivity contribution in [2.75, 3.05) is 0 Å².